The first-order valence-electron chi connectivity index (χ1n) is 10.7. The molecular weight excluding hydrogens is 380 g/mol. The first-order chi connectivity index (χ1) is 14.7. The van der Waals surface area contributed by atoms with Gasteiger partial charge in [0.1, 0.15) is 0 Å². The molecule has 3 heterocycles. The minimum atomic E-state index is 0.179. The summed E-state index contributed by atoms with van der Waals surface area (Å²) in [6.45, 7) is 4.81. The van der Waals surface area contributed by atoms with E-state index in [0.29, 0.717) is 19.9 Å². The number of ether oxygens (including phenoxy) is 4. The van der Waals surface area contributed by atoms with E-state index in [1.807, 2.05) is 6.07 Å². The molecule has 158 valence electrons. The second-order valence-electron chi connectivity index (χ2n) is 7.96. The van der Waals surface area contributed by atoms with Crippen molar-refractivity contribution in [2.24, 2.45) is 5.73 Å². The van der Waals surface area contributed by atoms with Crippen molar-refractivity contribution < 1.29 is 18.9 Å². The fourth-order valence-electron chi connectivity index (χ4n) is 4.69. The van der Waals surface area contributed by atoms with E-state index < -0.39 is 0 Å². The lowest BCUT2D eigenvalue weighted by atomic mass is 9.86. The highest BCUT2D eigenvalue weighted by molar-refractivity contribution is 5.88. The van der Waals surface area contributed by atoms with E-state index in [1.165, 1.54) is 28.0 Å². The average molecular weight is 408 g/mol. The molecule has 30 heavy (non-hydrogen) atoms. The third-order valence-corrected chi connectivity index (χ3v) is 6.24. The summed E-state index contributed by atoms with van der Waals surface area (Å²) in [5.74, 6) is 3.32. The van der Waals surface area contributed by atoms with Gasteiger partial charge in [0, 0.05) is 23.4 Å². The van der Waals surface area contributed by atoms with Crippen LogP contribution in [0.4, 0.5) is 0 Å². The van der Waals surface area contributed by atoms with Gasteiger partial charge in [-0.15, -0.1) is 0 Å². The van der Waals surface area contributed by atoms with Crippen molar-refractivity contribution in [3.8, 4) is 23.0 Å². The molecule has 0 bridgehead atoms. The van der Waals surface area contributed by atoms with Gasteiger partial charge in [0.15, 0.2) is 23.0 Å². The van der Waals surface area contributed by atoms with E-state index in [1.54, 1.807) is 7.11 Å². The lowest BCUT2D eigenvalue weighted by molar-refractivity contribution is 0.174. The normalized spacial score (nSPS) is 18.3. The zero-order valence-electron chi connectivity index (χ0n) is 17.6. The van der Waals surface area contributed by atoms with E-state index in [4.69, 9.17) is 24.7 Å². The number of benzene rings is 2. The van der Waals surface area contributed by atoms with E-state index in [9.17, 15) is 0 Å². The van der Waals surface area contributed by atoms with Gasteiger partial charge in [-0.25, -0.2) is 0 Å². The predicted octanol–water partition coefficient (Wildman–Crippen LogP) is 3.97. The Morgan fingerprint density at radius 1 is 1.17 bits per heavy atom. The highest BCUT2D eigenvalue weighted by Crippen LogP contribution is 2.49. The molecule has 0 saturated carbocycles. The molecule has 0 fully saturated rings. The predicted molar refractivity (Wildman–Crippen MR) is 116 cm³/mol. The smallest absolute Gasteiger partial charge is 0.231 e. The van der Waals surface area contributed by atoms with E-state index >= 15 is 0 Å². The molecule has 0 unspecified atom stereocenters. The number of methoxy groups -OCH3 is 1. The van der Waals surface area contributed by atoms with Crippen LogP contribution in [0.2, 0.25) is 0 Å². The summed E-state index contributed by atoms with van der Waals surface area (Å²) in [7, 11) is 1.70. The van der Waals surface area contributed by atoms with Gasteiger partial charge < -0.3 is 29.6 Å². The van der Waals surface area contributed by atoms with Crippen LogP contribution in [0.5, 0.6) is 23.0 Å². The maximum atomic E-state index is 6.24. The summed E-state index contributed by atoms with van der Waals surface area (Å²) in [6, 6.07) is 8.57. The zero-order chi connectivity index (χ0) is 20.7. The standard InChI is InChI=1S/C24H28N2O4/c1-15-23-17(5-6-20(27-2)24(23)28-10-4-3-8-25)11-19-18-13-22-21(29-14-30-22)12-16(18)7-9-26(15)19/h5-6,11-13,15H,3-4,7-10,14,25H2,1-2H3/t15-/m0/s1. The Balaban J connectivity index is 1.57. The molecule has 3 aliphatic rings. The third-order valence-electron chi connectivity index (χ3n) is 6.24. The number of unbranched alkanes of at least 4 members (excludes halogenated alkanes) is 1. The van der Waals surface area contributed by atoms with E-state index in [0.717, 1.165) is 48.8 Å². The molecule has 0 radical (unpaired) electrons. The van der Waals surface area contributed by atoms with Crippen molar-refractivity contribution in [3.05, 3.63) is 46.5 Å². The first kappa shape index (κ1) is 19.1. The topological polar surface area (TPSA) is 66.2 Å². The fraction of sp³-hybridized carbons (Fsp3) is 0.417. The maximum absolute atomic E-state index is 6.24. The molecular formula is C24H28N2O4. The Labute approximate surface area is 177 Å². The molecule has 6 heteroatoms. The summed E-state index contributed by atoms with van der Waals surface area (Å²) in [5, 5.41) is 0. The monoisotopic (exact) mass is 408 g/mol. The highest BCUT2D eigenvalue weighted by Gasteiger charge is 2.34. The Bertz CT molecular complexity index is 1000. The summed E-state index contributed by atoms with van der Waals surface area (Å²) >= 11 is 0. The van der Waals surface area contributed by atoms with Crippen LogP contribution in [0.15, 0.2) is 24.3 Å². The Morgan fingerprint density at radius 3 is 2.80 bits per heavy atom. The molecule has 6 nitrogen and oxygen atoms in total. The van der Waals surface area contributed by atoms with Gasteiger partial charge in [0.25, 0.3) is 0 Å². The summed E-state index contributed by atoms with van der Waals surface area (Å²) in [5.41, 5.74) is 11.8. The Kier molecular flexibility index (Phi) is 4.95. The molecule has 2 aromatic rings. The van der Waals surface area contributed by atoms with Gasteiger partial charge >= 0.3 is 0 Å². The number of rotatable bonds is 6. The zero-order valence-corrected chi connectivity index (χ0v) is 17.6. The fourth-order valence-corrected chi connectivity index (χ4v) is 4.69. The van der Waals surface area contributed by atoms with Crippen LogP contribution in [0.1, 0.15) is 48.1 Å². The second-order valence-corrected chi connectivity index (χ2v) is 7.96. The van der Waals surface area contributed by atoms with Crippen LogP contribution >= 0.6 is 0 Å². The quantitative estimate of drug-likeness (QED) is 0.730. The summed E-state index contributed by atoms with van der Waals surface area (Å²) in [4.78, 5) is 2.46. The largest absolute Gasteiger partial charge is 0.493 e. The molecule has 0 saturated heterocycles. The van der Waals surface area contributed by atoms with E-state index in [2.05, 4.69) is 36.1 Å². The summed E-state index contributed by atoms with van der Waals surface area (Å²) < 4.78 is 23.1. The van der Waals surface area contributed by atoms with Crippen LogP contribution in [-0.4, -0.2) is 38.5 Å². The average Bonchev–Trinajstić information content (AvgIpc) is 3.22. The van der Waals surface area contributed by atoms with Crippen LogP contribution in [0.25, 0.3) is 11.8 Å². The number of fused-ring (bicyclic) bond motifs is 5. The highest BCUT2D eigenvalue weighted by atomic mass is 16.7. The first-order valence-corrected chi connectivity index (χ1v) is 10.7. The second kappa shape index (κ2) is 7.76. The van der Waals surface area contributed by atoms with Gasteiger partial charge in [-0.1, -0.05) is 6.07 Å². The van der Waals surface area contributed by atoms with Crippen molar-refractivity contribution in [1.29, 1.82) is 0 Å². The molecule has 2 aromatic carbocycles. The van der Waals surface area contributed by atoms with Crippen molar-refractivity contribution in [2.45, 2.75) is 32.2 Å². The van der Waals surface area contributed by atoms with Crippen LogP contribution < -0.4 is 24.7 Å². The van der Waals surface area contributed by atoms with Gasteiger partial charge in [0.2, 0.25) is 6.79 Å². The van der Waals surface area contributed by atoms with Gasteiger partial charge in [0.05, 0.1) is 19.8 Å². The third kappa shape index (κ3) is 3.06. The SMILES string of the molecule is COc1ccc2c(c1OCCCCN)[C@H](C)N1CCc3cc4c(cc3C1=C2)OCO4. The number of hydrogen-bond donors (Lipinski definition) is 1. The maximum Gasteiger partial charge on any atom is 0.231 e. The minimum absolute atomic E-state index is 0.179. The Hall–Kier alpha value is -2.86. The van der Waals surface area contributed by atoms with Crippen LogP contribution in [-0.2, 0) is 6.42 Å². The molecule has 0 spiro atoms. The van der Waals surface area contributed by atoms with Crippen molar-refractivity contribution >= 4 is 11.8 Å². The molecule has 0 aromatic heterocycles. The number of hydrogen-bond acceptors (Lipinski definition) is 6. The molecule has 2 N–H and O–H groups in total. The van der Waals surface area contributed by atoms with Crippen molar-refractivity contribution in [2.75, 3.05) is 33.6 Å². The lowest BCUT2D eigenvalue weighted by Crippen LogP contribution is -2.34. The number of nitrogens with zero attached hydrogens (tertiary/aromatic N) is 1. The molecule has 0 amide bonds. The van der Waals surface area contributed by atoms with Gasteiger partial charge in [-0.3, -0.25) is 0 Å². The lowest BCUT2D eigenvalue weighted by Gasteiger charge is -2.42. The van der Waals surface area contributed by atoms with Gasteiger partial charge in [-0.05, 0) is 68.1 Å². The minimum Gasteiger partial charge on any atom is -0.493 e. The van der Waals surface area contributed by atoms with Gasteiger partial charge in [-0.2, -0.15) is 0 Å². The van der Waals surface area contributed by atoms with E-state index in [-0.39, 0.29) is 6.04 Å². The van der Waals surface area contributed by atoms with Crippen LogP contribution in [0.3, 0.4) is 0 Å². The van der Waals surface area contributed by atoms with Crippen molar-refractivity contribution in [3.63, 3.8) is 0 Å². The summed E-state index contributed by atoms with van der Waals surface area (Å²) in [6.07, 6.45) is 5.13. The van der Waals surface area contributed by atoms with Crippen molar-refractivity contribution in [1.82, 2.24) is 4.90 Å². The number of nitrogens with two attached hydrogens (primary N) is 1. The molecule has 3 aliphatic heterocycles. The Morgan fingerprint density at radius 2 is 2.00 bits per heavy atom. The molecule has 5 rings (SSSR count). The molecule has 1 atom stereocenters. The molecule has 0 aliphatic carbocycles. The van der Waals surface area contributed by atoms with Crippen LogP contribution in [0, 0.1) is 0 Å².